The van der Waals surface area contributed by atoms with Crippen LogP contribution in [0, 0.1) is 0 Å². The Morgan fingerprint density at radius 1 is 1.29 bits per heavy atom. The van der Waals surface area contributed by atoms with Crippen molar-refractivity contribution >= 4 is 5.97 Å². The maximum atomic E-state index is 11.9. The Labute approximate surface area is 90.9 Å². The van der Waals surface area contributed by atoms with Crippen molar-refractivity contribution in [1.29, 1.82) is 0 Å². The van der Waals surface area contributed by atoms with Crippen molar-refractivity contribution in [2.24, 2.45) is 0 Å². The third-order valence-corrected chi connectivity index (χ3v) is 1.75. The molecule has 0 fully saturated rings. The predicted molar refractivity (Wildman–Crippen MR) is 41.9 cm³/mol. The van der Waals surface area contributed by atoms with Gasteiger partial charge in [0.05, 0.1) is 18.9 Å². The van der Waals surface area contributed by atoms with Crippen molar-refractivity contribution < 1.29 is 36.0 Å². The molecule has 2 heterocycles. The monoisotopic (exact) mass is 261 g/mol. The summed E-state index contributed by atoms with van der Waals surface area (Å²) in [4.78, 5) is 9.96. The number of ether oxygens (including phenoxy) is 1. The third-order valence-electron chi connectivity index (χ3n) is 1.75. The first-order valence-corrected chi connectivity index (χ1v) is 4.12. The van der Waals surface area contributed by atoms with Gasteiger partial charge in [0.15, 0.2) is 5.83 Å². The van der Waals surface area contributed by atoms with Crippen molar-refractivity contribution in [3.63, 3.8) is 0 Å². The van der Waals surface area contributed by atoms with Crippen LogP contribution in [0.1, 0.15) is 6.42 Å². The molecule has 0 atom stereocenters. The maximum Gasteiger partial charge on any atom is 0.420 e. The molecule has 2 rings (SSSR count). The minimum absolute atomic E-state index is 0.157. The van der Waals surface area contributed by atoms with Gasteiger partial charge in [0.2, 0.25) is 0 Å². The molecule has 0 radical (unpaired) electrons. The van der Waals surface area contributed by atoms with Crippen LogP contribution in [0.5, 0.6) is 0 Å². The van der Waals surface area contributed by atoms with Crippen molar-refractivity contribution in [2.75, 3.05) is 0 Å². The molecule has 0 aromatic carbocycles. The van der Waals surface area contributed by atoms with Gasteiger partial charge >= 0.3 is 17.9 Å². The van der Waals surface area contributed by atoms with Gasteiger partial charge in [-0.2, -0.15) is 17.6 Å². The molecule has 0 aliphatic carbocycles. The van der Waals surface area contributed by atoms with Crippen molar-refractivity contribution in [3.8, 4) is 0 Å². The molecule has 0 saturated heterocycles. The lowest BCUT2D eigenvalue weighted by Gasteiger charge is -2.20. The van der Waals surface area contributed by atoms with Gasteiger partial charge in [-0.1, -0.05) is 4.48 Å². The van der Waals surface area contributed by atoms with Crippen molar-refractivity contribution in [2.45, 2.75) is 18.4 Å². The molecular formula is C8H5F6NO2. The van der Waals surface area contributed by atoms with E-state index < -0.39 is 29.1 Å². The Balaban J connectivity index is 0.000000202. The second-order valence-electron chi connectivity index (χ2n) is 2.97. The fourth-order valence-electron chi connectivity index (χ4n) is 0.856. The molecule has 2 aliphatic rings. The van der Waals surface area contributed by atoms with E-state index in [0.717, 1.165) is 0 Å². The second-order valence-corrected chi connectivity index (χ2v) is 2.97. The summed E-state index contributed by atoms with van der Waals surface area (Å²) in [5, 5.41) is -1.65. The fourth-order valence-corrected chi connectivity index (χ4v) is 0.856. The van der Waals surface area contributed by atoms with E-state index in [0.29, 0.717) is 6.42 Å². The van der Waals surface area contributed by atoms with Crippen LogP contribution < -0.4 is 0 Å². The van der Waals surface area contributed by atoms with Gasteiger partial charge in [0.1, 0.15) is 0 Å². The molecule has 0 N–H and O–H groups in total. The molecule has 0 bridgehead atoms. The molecule has 0 aromatic rings. The minimum Gasteiger partial charge on any atom is -0.435 e. The van der Waals surface area contributed by atoms with Gasteiger partial charge in [-0.15, -0.1) is 5.12 Å². The standard InChI is InChI=1S/C4HF6N.C4H4O2/c5-2-1-11(10)4(8,9)3(2,6)7;5-4-2-1-3-6-4/h1H;1,3H,2H2. The van der Waals surface area contributed by atoms with Gasteiger partial charge < -0.3 is 4.74 Å². The van der Waals surface area contributed by atoms with Crippen molar-refractivity contribution in [3.05, 3.63) is 24.4 Å². The number of carbonyl (C=O) groups excluding carboxylic acids is 1. The SMILES string of the molecule is FC1=CN(F)C(F)(F)C1(F)F.O=C1CC=CO1. The molecule has 9 heteroatoms. The first-order chi connectivity index (χ1) is 7.69. The number of rotatable bonds is 0. The number of cyclic esters (lactones) is 1. The summed E-state index contributed by atoms with van der Waals surface area (Å²) in [7, 11) is 0. The lowest BCUT2D eigenvalue weighted by molar-refractivity contribution is -0.289. The normalized spacial score (nSPS) is 24.0. The second kappa shape index (κ2) is 4.30. The summed E-state index contributed by atoms with van der Waals surface area (Å²) in [6.45, 7) is 0. The highest BCUT2D eigenvalue weighted by Gasteiger charge is 2.68. The fraction of sp³-hybridized carbons (Fsp3) is 0.375. The van der Waals surface area contributed by atoms with E-state index in [1.54, 1.807) is 6.08 Å². The molecule has 2 aliphatic heterocycles. The van der Waals surface area contributed by atoms with E-state index >= 15 is 0 Å². The number of hydrogen-bond acceptors (Lipinski definition) is 3. The lowest BCUT2D eigenvalue weighted by atomic mass is 10.3. The molecule has 0 spiro atoms. The van der Waals surface area contributed by atoms with E-state index in [-0.39, 0.29) is 5.97 Å². The van der Waals surface area contributed by atoms with E-state index in [1.807, 2.05) is 0 Å². The molecular weight excluding hydrogens is 256 g/mol. The van der Waals surface area contributed by atoms with Gasteiger partial charge in [-0.05, 0) is 6.08 Å². The Hall–Kier alpha value is -1.67. The quantitative estimate of drug-likeness (QED) is 0.290. The molecule has 3 nitrogen and oxygen atoms in total. The molecule has 17 heavy (non-hydrogen) atoms. The average molecular weight is 261 g/mol. The predicted octanol–water partition coefficient (Wildman–Crippen LogP) is 2.67. The van der Waals surface area contributed by atoms with Crippen LogP contribution in [-0.4, -0.2) is 23.1 Å². The van der Waals surface area contributed by atoms with Crippen LogP contribution in [0.2, 0.25) is 0 Å². The summed E-state index contributed by atoms with van der Waals surface area (Å²) in [6, 6.07) is -5.11. The van der Waals surface area contributed by atoms with Crippen LogP contribution in [0.4, 0.5) is 26.4 Å². The van der Waals surface area contributed by atoms with E-state index in [9.17, 15) is 31.2 Å². The zero-order chi connectivity index (χ0) is 13.3. The minimum atomic E-state index is -5.11. The maximum absolute atomic E-state index is 11.9. The Morgan fingerprint density at radius 3 is 2.00 bits per heavy atom. The summed E-state index contributed by atoms with van der Waals surface area (Å²) >= 11 is 0. The van der Waals surface area contributed by atoms with Crippen LogP contribution in [0.25, 0.3) is 0 Å². The molecule has 0 saturated carbocycles. The van der Waals surface area contributed by atoms with E-state index in [4.69, 9.17) is 0 Å². The number of nitrogens with zero attached hydrogens (tertiary/aromatic N) is 1. The summed E-state index contributed by atoms with van der Waals surface area (Å²) < 4.78 is 75.4. The van der Waals surface area contributed by atoms with Gasteiger partial charge in [-0.25, -0.2) is 4.39 Å². The van der Waals surface area contributed by atoms with Gasteiger partial charge in [0, 0.05) is 0 Å². The van der Waals surface area contributed by atoms with E-state index in [2.05, 4.69) is 4.74 Å². The van der Waals surface area contributed by atoms with Crippen LogP contribution in [0.3, 0.4) is 0 Å². The van der Waals surface area contributed by atoms with Gasteiger partial charge in [-0.3, -0.25) is 4.79 Å². The number of halogens is 6. The first-order valence-electron chi connectivity index (χ1n) is 4.12. The highest BCUT2D eigenvalue weighted by Crippen LogP contribution is 2.48. The van der Waals surface area contributed by atoms with Gasteiger partial charge in [0.25, 0.3) is 0 Å². The zero-order valence-electron chi connectivity index (χ0n) is 7.97. The topological polar surface area (TPSA) is 29.5 Å². The zero-order valence-corrected chi connectivity index (χ0v) is 7.97. The van der Waals surface area contributed by atoms with Crippen LogP contribution in [-0.2, 0) is 9.53 Å². The summed E-state index contributed by atoms with van der Waals surface area (Å²) in [5.41, 5.74) is 0. The van der Waals surface area contributed by atoms with Crippen LogP contribution in [0.15, 0.2) is 24.4 Å². The molecule has 0 unspecified atom stereocenters. The smallest absolute Gasteiger partial charge is 0.420 e. The van der Waals surface area contributed by atoms with E-state index in [1.165, 1.54) is 6.26 Å². The number of carbonyl (C=O) groups is 1. The summed E-state index contributed by atoms with van der Waals surface area (Å²) in [5.74, 6) is -7.71. The summed E-state index contributed by atoms with van der Waals surface area (Å²) in [6.07, 6.45) is 2.95. The molecule has 96 valence electrons. The molecule has 0 amide bonds. The molecule has 0 aromatic heterocycles. The Morgan fingerprint density at radius 2 is 1.88 bits per heavy atom. The Bertz CT molecular complexity index is 368. The van der Waals surface area contributed by atoms with Crippen molar-refractivity contribution in [1.82, 2.24) is 5.12 Å². The highest BCUT2D eigenvalue weighted by atomic mass is 19.3. The number of alkyl halides is 4. The first kappa shape index (κ1) is 13.4. The average Bonchev–Trinajstić information content (AvgIpc) is 2.73. The number of esters is 1. The third kappa shape index (κ3) is 2.37. The Kier molecular flexibility index (Phi) is 3.39. The largest absolute Gasteiger partial charge is 0.435 e. The van der Waals surface area contributed by atoms with Crippen LogP contribution >= 0.6 is 0 Å². The highest BCUT2D eigenvalue weighted by molar-refractivity contribution is 5.73. The lowest BCUT2D eigenvalue weighted by Crippen LogP contribution is -2.44. The number of hydrogen-bond donors (Lipinski definition) is 0.